The number of anilines is 1. The second-order valence-electron chi connectivity index (χ2n) is 3.54. The molecule has 1 N–H and O–H groups in total. The van der Waals surface area contributed by atoms with Crippen molar-refractivity contribution in [2.45, 2.75) is 17.3 Å². The average molecular weight is 333 g/mol. The molecule has 0 bridgehead atoms. The topological polar surface area (TPSA) is 89.3 Å². The van der Waals surface area contributed by atoms with Crippen LogP contribution in [0.4, 0.5) is 24.5 Å². The van der Waals surface area contributed by atoms with Crippen molar-refractivity contribution in [1.82, 2.24) is 0 Å². The number of alkyl halides is 3. The summed E-state index contributed by atoms with van der Waals surface area (Å²) in [6.45, 7) is 1.83. The van der Waals surface area contributed by atoms with E-state index in [0.717, 1.165) is 6.07 Å². The lowest BCUT2D eigenvalue weighted by Gasteiger charge is -2.11. The molecule has 0 unspecified atom stereocenters. The Morgan fingerprint density at radius 2 is 1.95 bits per heavy atom. The number of nitro benzene ring substituents is 1. The number of benzene rings is 1. The summed E-state index contributed by atoms with van der Waals surface area (Å²) in [6, 6.07) is 1.07. The van der Waals surface area contributed by atoms with Crippen molar-refractivity contribution in [1.29, 1.82) is 0 Å². The minimum Gasteiger partial charge on any atom is -0.380 e. The van der Waals surface area contributed by atoms with Gasteiger partial charge in [-0.15, -0.1) is 0 Å². The maximum absolute atomic E-state index is 12.4. The highest BCUT2D eigenvalue weighted by molar-refractivity contribution is 7.92. The second-order valence-corrected chi connectivity index (χ2v) is 5.85. The molecule has 0 radical (unpaired) electrons. The molecule has 0 aliphatic rings. The smallest absolute Gasteiger partial charge is 0.380 e. The molecule has 0 saturated heterocycles. The summed E-state index contributed by atoms with van der Waals surface area (Å²) < 4.78 is 59.9. The zero-order valence-corrected chi connectivity index (χ0v) is 11.4. The number of rotatable bonds is 4. The Hall–Kier alpha value is -1.55. The Bertz CT molecular complexity index is 645. The number of halogens is 4. The molecule has 1 aromatic rings. The minimum atomic E-state index is -5.76. The monoisotopic (exact) mass is 332 g/mol. The van der Waals surface area contributed by atoms with Crippen LogP contribution in [0.2, 0.25) is 5.02 Å². The predicted molar refractivity (Wildman–Crippen MR) is 65.5 cm³/mol. The molecule has 0 spiro atoms. The van der Waals surface area contributed by atoms with Gasteiger partial charge in [-0.2, -0.15) is 13.2 Å². The molecule has 0 fully saturated rings. The highest BCUT2D eigenvalue weighted by Crippen LogP contribution is 2.39. The quantitative estimate of drug-likeness (QED) is 0.676. The highest BCUT2D eigenvalue weighted by atomic mass is 35.5. The van der Waals surface area contributed by atoms with Crippen molar-refractivity contribution in [3.8, 4) is 0 Å². The first kappa shape index (κ1) is 16.5. The normalized spacial score (nSPS) is 12.2. The van der Waals surface area contributed by atoms with Crippen molar-refractivity contribution in [2.75, 3.05) is 11.9 Å². The fraction of sp³-hybridized carbons (Fsp3) is 0.333. The van der Waals surface area contributed by atoms with Crippen LogP contribution in [0.15, 0.2) is 17.0 Å². The van der Waals surface area contributed by atoms with Crippen molar-refractivity contribution >= 4 is 32.8 Å². The van der Waals surface area contributed by atoms with E-state index in [1.54, 1.807) is 6.92 Å². The third-order valence-corrected chi connectivity index (χ3v) is 4.16. The summed E-state index contributed by atoms with van der Waals surface area (Å²) in [5.41, 5.74) is -6.56. The van der Waals surface area contributed by atoms with E-state index in [-0.39, 0.29) is 12.2 Å². The standard InChI is InChI=1S/C9H8ClF3N2O4S/c1-2-14-6-3-5(10)8(4-7(6)15(16)17)20(18,19)9(11,12)13/h3-4,14H,2H2,1H3. The van der Waals surface area contributed by atoms with Gasteiger partial charge in [-0.25, -0.2) is 8.42 Å². The summed E-state index contributed by atoms with van der Waals surface area (Å²) in [6.07, 6.45) is 0. The molecule has 0 aromatic heterocycles. The van der Waals surface area contributed by atoms with E-state index in [0.29, 0.717) is 6.07 Å². The molecular weight excluding hydrogens is 325 g/mol. The molecule has 0 atom stereocenters. The average Bonchev–Trinajstić information content (AvgIpc) is 2.27. The van der Waals surface area contributed by atoms with Gasteiger partial charge in [0.05, 0.1) is 9.95 Å². The maximum atomic E-state index is 12.4. The number of nitrogens with zero attached hydrogens (tertiary/aromatic N) is 1. The van der Waals surface area contributed by atoms with Gasteiger partial charge in [0, 0.05) is 12.6 Å². The van der Waals surface area contributed by atoms with E-state index in [9.17, 15) is 31.7 Å². The number of nitro groups is 1. The fourth-order valence-corrected chi connectivity index (χ4v) is 2.66. The molecule has 0 amide bonds. The first-order valence-electron chi connectivity index (χ1n) is 5.05. The Labute approximate surface area is 116 Å². The van der Waals surface area contributed by atoms with Gasteiger partial charge >= 0.3 is 5.51 Å². The summed E-state index contributed by atoms with van der Waals surface area (Å²) in [5, 5.41) is 12.6. The predicted octanol–water partition coefficient (Wildman–Crippen LogP) is 2.97. The molecule has 1 aromatic carbocycles. The van der Waals surface area contributed by atoms with E-state index in [2.05, 4.69) is 5.32 Å². The van der Waals surface area contributed by atoms with E-state index in [4.69, 9.17) is 11.6 Å². The molecule has 0 aliphatic carbocycles. The van der Waals surface area contributed by atoms with E-state index in [1.807, 2.05) is 0 Å². The van der Waals surface area contributed by atoms with Crippen LogP contribution in [0.5, 0.6) is 0 Å². The van der Waals surface area contributed by atoms with Crippen LogP contribution in [0, 0.1) is 10.1 Å². The van der Waals surface area contributed by atoms with Gasteiger partial charge in [-0.05, 0) is 13.0 Å². The lowest BCUT2D eigenvalue weighted by Crippen LogP contribution is -2.23. The number of sulfone groups is 1. The van der Waals surface area contributed by atoms with Gasteiger partial charge < -0.3 is 5.32 Å². The Kier molecular flexibility index (Phi) is 4.49. The number of hydrogen-bond donors (Lipinski definition) is 1. The van der Waals surface area contributed by atoms with Crippen LogP contribution in [0.3, 0.4) is 0 Å². The van der Waals surface area contributed by atoms with Gasteiger partial charge in [0.2, 0.25) is 0 Å². The zero-order valence-electron chi connectivity index (χ0n) is 9.86. The number of hydrogen-bond acceptors (Lipinski definition) is 5. The largest absolute Gasteiger partial charge is 0.501 e. The zero-order chi connectivity index (χ0) is 15.7. The molecule has 112 valence electrons. The summed E-state index contributed by atoms with van der Waals surface area (Å²) in [5.74, 6) is 0. The van der Waals surface area contributed by atoms with Gasteiger partial charge in [0.25, 0.3) is 15.5 Å². The fourth-order valence-electron chi connectivity index (χ4n) is 1.36. The van der Waals surface area contributed by atoms with E-state index in [1.165, 1.54) is 0 Å². The van der Waals surface area contributed by atoms with Crippen LogP contribution < -0.4 is 5.32 Å². The Balaban J connectivity index is 3.60. The highest BCUT2D eigenvalue weighted by Gasteiger charge is 2.48. The van der Waals surface area contributed by atoms with Gasteiger partial charge in [-0.3, -0.25) is 10.1 Å². The van der Waals surface area contributed by atoms with Gasteiger partial charge in [0.15, 0.2) is 0 Å². The van der Waals surface area contributed by atoms with Crippen LogP contribution in [0.25, 0.3) is 0 Å². The van der Waals surface area contributed by atoms with Crippen LogP contribution in [-0.4, -0.2) is 25.4 Å². The number of nitrogens with one attached hydrogen (secondary N) is 1. The summed E-state index contributed by atoms with van der Waals surface area (Å²) in [7, 11) is -5.76. The van der Waals surface area contributed by atoms with Crippen LogP contribution in [0.1, 0.15) is 6.92 Å². The first-order chi connectivity index (χ1) is 9.02. The molecule has 0 aliphatic heterocycles. The SMILES string of the molecule is CCNc1cc(Cl)c(S(=O)(=O)C(F)(F)F)cc1[N+](=O)[O-]. The molecule has 0 saturated carbocycles. The first-order valence-corrected chi connectivity index (χ1v) is 6.91. The second kappa shape index (κ2) is 5.44. The van der Waals surface area contributed by atoms with Crippen LogP contribution >= 0.6 is 11.6 Å². The lowest BCUT2D eigenvalue weighted by atomic mass is 10.2. The van der Waals surface area contributed by atoms with Gasteiger partial charge in [0.1, 0.15) is 10.6 Å². The summed E-state index contributed by atoms with van der Waals surface area (Å²) >= 11 is 5.49. The molecule has 6 nitrogen and oxygen atoms in total. The molecule has 1 rings (SSSR count). The third kappa shape index (κ3) is 2.96. The van der Waals surface area contributed by atoms with E-state index >= 15 is 0 Å². The van der Waals surface area contributed by atoms with Gasteiger partial charge in [-0.1, -0.05) is 11.6 Å². The molecular formula is C9H8ClF3N2O4S. The Morgan fingerprint density at radius 3 is 2.35 bits per heavy atom. The molecule has 0 heterocycles. The summed E-state index contributed by atoms with van der Waals surface area (Å²) in [4.78, 5) is 8.44. The van der Waals surface area contributed by atoms with Crippen molar-refractivity contribution in [3.63, 3.8) is 0 Å². The third-order valence-electron chi connectivity index (χ3n) is 2.21. The molecule has 20 heavy (non-hydrogen) atoms. The maximum Gasteiger partial charge on any atom is 0.501 e. The Morgan fingerprint density at radius 1 is 1.40 bits per heavy atom. The molecule has 11 heteroatoms. The van der Waals surface area contributed by atoms with Crippen molar-refractivity contribution < 1.29 is 26.5 Å². The van der Waals surface area contributed by atoms with Crippen molar-refractivity contribution in [2.24, 2.45) is 0 Å². The van der Waals surface area contributed by atoms with Crippen LogP contribution in [-0.2, 0) is 9.84 Å². The van der Waals surface area contributed by atoms with E-state index < -0.39 is 35.9 Å². The minimum absolute atomic E-state index is 0.163. The van der Waals surface area contributed by atoms with Crippen molar-refractivity contribution in [3.05, 3.63) is 27.3 Å². The lowest BCUT2D eigenvalue weighted by molar-refractivity contribution is -0.384.